The predicted octanol–water partition coefficient (Wildman–Crippen LogP) is 1.74. The average Bonchev–Trinajstić information content (AvgIpc) is 2.87. The van der Waals surface area contributed by atoms with Crippen molar-refractivity contribution in [1.29, 1.82) is 0 Å². The molecule has 0 aliphatic carbocycles. The van der Waals surface area contributed by atoms with Crippen molar-refractivity contribution in [2.24, 2.45) is 0 Å². The second-order valence-corrected chi connectivity index (χ2v) is 4.98. The molecule has 0 unspecified atom stereocenters. The number of H-pyrrole nitrogens is 1. The minimum atomic E-state index is 0.473. The number of nitrogens with one attached hydrogen (secondary N) is 3. The topological polar surface area (TPSA) is 71.2 Å². The van der Waals surface area contributed by atoms with Gasteiger partial charge in [-0.05, 0) is 25.9 Å². The van der Waals surface area contributed by atoms with Crippen LogP contribution in [0.1, 0.15) is 12.8 Å². The van der Waals surface area contributed by atoms with Crippen LogP contribution in [0.25, 0.3) is 11.0 Å². The third-order valence-corrected chi connectivity index (χ3v) is 3.67. The molecule has 1 saturated heterocycles. The first-order chi connectivity index (χ1) is 9.80. The summed E-state index contributed by atoms with van der Waals surface area (Å²) in [5.74, 6) is 2.21. The molecule has 3 N–H and O–H groups in total. The molecule has 1 aromatic heterocycles. The first-order valence-electron chi connectivity index (χ1n) is 6.89. The van der Waals surface area contributed by atoms with Gasteiger partial charge in [-0.1, -0.05) is 0 Å². The zero-order chi connectivity index (χ0) is 13.9. The van der Waals surface area contributed by atoms with Crippen LogP contribution in [0, 0.1) is 0 Å². The first-order valence-corrected chi connectivity index (χ1v) is 6.89. The number of anilines is 1. The van der Waals surface area contributed by atoms with E-state index in [9.17, 15) is 0 Å². The number of fused-ring (bicyclic) bond motifs is 1. The fraction of sp³-hybridized carbons (Fsp3) is 0.500. The number of ether oxygens (including phenoxy) is 2. The van der Waals surface area contributed by atoms with Gasteiger partial charge < -0.3 is 25.1 Å². The molecule has 0 bridgehead atoms. The molecule has 0 atom stereocenters. The Morgan fingerprint density at radius 2 is 1.85 bits per heavy atom. The Labute approximate surface area is 117 Å². The van der Waals surface area contributed by atoms with Gasteiger partial charge in [0.2, 0.25) is 5.95 Å². The molecular formula is C14H20N4O2. The molecular weight excluding hydrogens is 256 g/mol. The standard InChI is InChI=1S/C14H20N4O2/c1-19-12-7-10-11(8-13(12)20-2)18-14(17-10)16-9-3-5-15-6-4-9/h7-9,15H,3-6H2,1-2H3,(H2,16,17,18). The van der Waals surface area contributed by atoms with Crippen LogP contribution in [0.5, 0.6) is 11.5 Å². The summed E-state index contributed by atoms with van der Waals surface area (Å²) < 4.78 is 10.6. The van der Waals surface area contributed by atoms with Crippen LogP contribution in [-0.2, 0) is 0 Å². The summed E-state index contributed by atoms with van der Waals surface area (Å²) in [6, 6.07) is 4.27. The maximum absolute atomic E-state index is 5.30. The van der Waals surface area contributed by atoms with Gasteiger partial charge in [0.05, 0.1) is 25.3 Å². The summed E-state index contributed by atoms with van der Waals surface area (Å²) in [5.41, 5.74) is 1.82. The van der Waals surface area contributed by atoms with Crippen molar-refractivity contribution >= 4 is 17.0 Å². The summed E-state index contributed by atoms with van der Waals surface area (Å²) in [5, 5.41) is 6.81. The number of imidazole rings is 1. The highest BCUT2D eigenvalue weighted by atomic mass is 16.5. The number of benzene rings is 1. The van der Waals surface area contributed by atoms with Crippen molar-refractivity contribution in [2.45, 2.75) is 18.9 Å². The third-order valence-electron chi connectivity index (χ3n) is 3.67. The number of hydrogen-bond donors (Lipinski definition) is 3. The van der Waals surface area contributed by atoms with Crippen molar-refractivity contribution < 1.29 is 9.47 Å². The van der Waals surface area contributed by atoms with Crippen molar-refractivity contribution in [3.8, 4) is 11.5 Å². The molecule has 20 heavy (non-hydrogen) atoms. The highest BCUT2D eigenvalue weighted by molar-refractivity contribution is 5.81. The lowest BCUT2D eigenvalue weighted by molar-refractivity contribution is 0.356. The number of aromatic nitrogens is 2. The van der Waals surface area contributed by atoms with E-state index in [0.717, 1.165) is 42.9 Å². The molecule has 1 aromatic carbocycles. The second kappa shape index (κ2) is 5.58. The molecule has 2 heterocycles. The molecule has 1 aliphatic heterocycles. The highest BCUT2D eigenvalue weighted by Crippen LogP contribution is 2.31. The Bertz CT molecular complexity index is 549. The summed E-state index contributed by atoms with van der Waals surface area (Å²) in [6.07, 6.45) is 2.23. The van der Waals surface area contributed by atoms with Gasteiger partial charge in [0.1, 0.15) is 0 Å². The average molecular weight is 276 g/mol. The molecule has 0 saturated carbocycles. The van der Waals surface area contributed by atoms with Gasteiger partial charge in [0.15, 0.2) is 11.5 Å². The number of hydrogen-bond acceptors (Lipinski definition) is 5. The van der Waals surface area contributed by atoms with Crippen LogP contribution >= 0.6 is 0 Å². The molecule has 1 aliphatic rings. The minimum absolute atomic E-state index is 0.473. The van der Waals surface area contributed by atoms with E-state index in [2.05, 4.69) is 20.6 Å². The Morgan fingerprint density at radius 1 is 1.15 bits per heavy atom. The van der Waals surface area contributed by atoms with Crippen molar-refractivity contribution in [2.75, 3.05) is 32.6 Å². The lowest BCUT2D eigenvalue weighted by atomic mass is 10.1. The fourth-order valence-electron chi connectivity index (χ4n) is 2.56. The lowest BCUT2D eigenvalue weighted by Gasteiger charge is -2.23. The van der Waals surface area contributed by atoms with Crippen LogP contribution in [-0.4, -0.2) is 43.3 Å². The zero-order valence-electron chi connectivity index (χ0n) is 11.8. The van der Waals surface area contributed by atoms with Gasteiger partial charge in [0.25, 0.3) is 0 Å². The first kappa shape index (κ1) is 13.1. The van der Waals surface area contributed by atoms with Crippen LogP contribution < -0.4 is 20.1 Å². The maximum Gasteiger partial charge on any atom is 0.201 e. The number of nitrogens with zero attached hydrogens (tertiary/aromatic N) is 1. The Kier molecular flexibility index (Phi) is 3.64. The van der Waals surface area contributed by atoms with E-state index in [4.69, 9.17) is 9.47 Å². The van der Waals surface area contributed by atoms with Crippen LogP contribution in [0.4, 0.5) is 5.95 Å². The fourth-order valence-corrected chi connectivity index (χ4v) is 2.56. The molecule has 6 nitrogen and oxygen atoms in total. The third kappa shape index (κ3) is 2.51. The molecule has 0 amide bonds. The minimum Gasteiger partial charge on any atom is -0.493 e. The van der Waals surface area contributed by atoms with E-state index >= 15 is 0 Å². The van der Waals surface area contributed by atoms with E-state index in [1.54, 1.807) is 14.2 Å². The Morgan fingerprint density at radius 3 is 2.55 bits per heavy atom. The van der Waals surface area contributed by atoms with E-state index in [1.165, 1.54) is 0 Å². The van der Waals surface area contributed by atoms with Crippen molar-refractivity contribution in [1.82, 2.24) is 15.3 Å². The summed E-state index contributed by atoms with van der Waals surface area (Å²) >= 11 is 0. The lowest BCUT2D eigenvalue weighted by Crippen LogP contribution is -2.35. The van der Waals surface area contributed by atoms with Gasteiger partial charge in [-0.15, -0.1) is 0 Å². The molecule has 108 valence electrons. The maximum atomic E-state index is 5.30. The van der Waals surface area contributed by atoms with E-state index in [-0.39, 0.29) is 0 Å². The van der Waals surface area contributed by atoms with Crippen molar-refractivity contribution in [3.05, 3.63) is 12.1 Å². The number of piperidine rings is 1. The number of aromatic amines is 1. The normalized spacial score (nSPS) is 16.3. The van der Waals surface area contributed by atoms with Crippen LogP contribution in [0.2, 0.25) is 0 Å². The Balaban J connectivity index is 1.85. The van der Waals surface area contributed by atoms with Crippen LogP contribution in [0.15, 0.2) is 12.1 Å². The predicted molar refractivity (Wildman–Crippen MR) is 78.7 cm³/mol. The molecule has 6 heteroatoms. The van der Waals surface area contributed by atoms with Gasteiger partial charge in [-0.3, -0.25) is 0 Å². The monoisotopic (exact) mass is 276 g/mol. The number of rotatable bonds is 4. The Hall–Kier alpha value is -1.95. The molecule has 0 spiro atoms. The van der Waals surface area contributed by atoms with Gasteiger partial charge in [-0.25, -0.2) is 4.98 Å². The SMILES string of the molecule is COc1cc2nc(NC3CCNCC3)[nH]c2cc1OC. The molecule has 2 aromatic rings. The van der Waals surface area contributed by atoms with Gasteiger partial charge >= 0.3 is 0 Å². The van der Waals surface area contributed by atoms with E-state index < -0.39 is 0 Å². The second-order valence-electron chi connectivity index (χ2n) is 4.98. The zero-order valence-corrected chi connectivity index (χ0v) is 11.8. The smallest absolute Gasteiger partial charge is 0.201 e. The molecule has 1 fully saturated rings. The summed E-state index contributed by atoms with van der Waals surface area (Å²) in [7, 11) is 3.26. The summed E-state index contributed by atoms with van der Waals surface area (Å²) in [4.78, 5) is 7.86. The van der Waals surface area contributed by atoms with Crippen LogP contribution in [0.3, 0.4) is 0 Å². The largest absolute Gasteiger partial charge is 0.493 e. The van der Waals surface area contributed by atoms with Crippen molar-refractivity contribution in [3.63, 3.8) is 0 Å². The van der Waals surface area contributed by atoms with E-state index in [0.29, 0.717) is 17.5 Å². The molecule has 0 radical (unpaired) electrons. The quantitative estimate of drug-likeness (QED) is 0.793. The van der Waals surface area contributed by atoms with Gasteiger partial charge in [-0.2, -0.15) is 0 Å². The summed E-state index contributed by atoms with van der Waals surface area (Å²) in [6.45, 7) is 2.11. The van der Waals surface area contributed by atoms with E-state index in [1.807, 2.05) is 12.1 Å². The molecule has 3 rings (SSSR count). The van der Waals surface area contributed by atoms with Gasteiger partial charge in [0, 0.05) is 18.2 Å². The number of methoxy groups -OCH3 is 2. The highest BCUT2D eigenvalue weighted by Gasteiger charge is 2.15.